The summed E-state index contributed by atoms with van der Waals surface area (Å²) in [6.45, 7) is 5.12. The van der Waals surface area contributed by atoms with E-state index in [2.05, 4.69) is 15.3 Å². The van der Waals surface area contributed by atoms with Crippen molar-refractivity contribution >= 4 is 17.4 Å². The maximum absolute atomic E-state index is 13.7. The van der Waals surface area contributed by atoms with Crippen molar-refractivity contribution in [3.8, 4) is 0 Å². The first-order chi connectivity index (χ1) is 12.0. The Morgan fingerprint density at radius 3 is 2.40 bits per heavy atom. The molecule has 2 aromatic rings. The average Bonchev–Trinajstić information content (AvgIpc) is 2.62. The number of rotatable bonds is 7. The fourth-order valence-electron chi connectivity index (χ4n) is 2.32. The topological polar surface area (TPSA) is 58.1 Å². The van der Waals surface area contributed by atoms with Gasteiger partial charge in [-0.3, -0.25) is 4.79 Å². The average molecular weight is 352 g/mol. The van der Waals surface area contributed by atoms with Gasteiger partial charge in [-0.1, -0.05) is 13.8 Å². The van der Waals surface area contributed by atoms with Crippen molar-refractivity contribution in [3.05, 3.63) is 47.7 Å². The molecule has 1 N–H and O–H groups in total. The van der Waals surface area contributed by atoms with Crippen LogP contribution in [0.25, 0.3) is 0 Å². The minimum atomic E-state index is -1.58. The highest BCUT2D eigenvalue weighted by molar-refractivity contribution is 5.93. The van der Waals surface area contributed by atoms with E-state index in [1.54, 1.807) is 4.90 Å². The number of benzene rings is 1. The predicted molar refractivity (Wildman–Crippen MR) is 88.1 cm³/mol. The summed E-state index contributed by atoms with van der Waals surface area (Å²) in [6.07, 6.45) is 2.77. The number of nitrogens with zero attached hydrogens (tertiary/aromatic N) is 3. The molecule has 1 heterocycles. The molecule has 2 rings (SSSR count). The number of carbonyl (C=O) groups is 1. The quantitative estimate of drug-likeness (QED) is 0.768. The van der Waals surface area contributed by atoms with Gasteiger partial charge in [0.1, 0.15) is 17.8 Å². The number of anilines is 2. The Morgan fingerprint density at radius 1 is 1.08 bits per heavy atom. The molecular formula is C17H19F3N4O. The molecule has 5 nitrogen and oxygen atoms in total. The van der Waals surface area contributed by atoms with Crippen LogP contribution in [-0.2, 0) is 0 Å². The van der Waals surface area contributed by atoms with Crippen molar-refractivity contribution in [3.63, 3.8) is 0 Å². The summed E-state index contributed by atoms with van der Waals surface area (Å²) in [4.78, 5) is 22.0. The molecule has 1 aromatic carbocycles. The molecule has 0 aliphatic carbocycles. The molecule has 0 unspecified atom stereocenters. The lowest BCUT2D eigenvalue weighted by Crippen LogP contribution is -2.33. The lowest BCUT2D eigenvalue weighted by molar-refractivity contribution is 0.0749. The normalized spacial score (nSPS) is 10.6. The van der Waals surface area contributed by atoms with Crippen LogP contribution in [0.5, 0.6) is 0 Å². The highest BCUT2D eigenvalue weighted by Crippen LogP contribution is 2.22. The predicted octanol–water partition coefficient (Wildman–Crippen LogP) is 3.90. The van der Waals surface area contributed by atoms with E-state index in [0.29, 0.717) is 13.1 Å². The van der Waals surface area contributed by atoms with Crippen molar-refractivity contribution in [2.24, 2.45) is 0 Å². The van der Waals surface area contributed by atoms with Crippen LogP contribution in [0.3, 0.4) is 0 Å². The van der Waals surface area contributed by atoms with E-state index in [9.17, 15) is 18.0 Å². The maximum Gasteiger partial charge on any atom is 0.272 e. The molecule has 1 amide bonds. The molecule has 0 atom stereocenters. The molecule has 134 valence electrons. The highest BCUT2D eigenvalue weighted by atomic mass is 19.2. The molecule has 0 bridgehead atoms. The van der Waals surface area contributed by atoms with Gasteiger partial charge in [0, 0.05) is 19.2 Å². The number of carbonyl (C=O) groups excluding carboxylic acids is 1. The van der Waals surface area contributed by atoms with Crippen molar-refractivity contribution < 1.29 is 18.0 Å². The summed E-state index contributed by atoms with van der Waals surface area (Å²) >= 11 is 0. The number of halogens is 3. The zero-order valence-electron chi connectivity index (χ0n) is 14.0. The first kappa shape index (κ1) is 18.7. The van der Waals surface area contributed by atoms with Crippen molar-refractivity contribution in [2.75, 3.05) is 18.4 Å². The van der Waals surface area contributed by atoms with Gasteiger partial charge in [0.2, 0.25) is 0 Å². The third kappa shape index (κ3) is 4.46. The largest absolute Gasteiger partial charge is 0.338 e. The van der Waals surface area contributed by atoms with Crippen LogP contribution in [0, 0.1) is 17.5 Å². The Morgan fingerprint density at radius 2 is 1.76 bits per heavy atom. The minimum Gasteiger partial charge on any atom is -0.338 e. The van der Waals surface area contributed by atoms with Crippen LogP contribution in [0.1, 0.15) is 37.2 Å². The van der Waals surface area contributed by atoms with Gasteiger partial charge in [0.05, 0.1) is 5.69 Å². The fourth-order valence-corrected chi connectivity index (χ4v) is 2.32. The van der Waals surface area contributed by atoms with Gasteiger partial charge in [0.25, 0.3) is 5.91 Å². The van der Waals surface area contributed by atoms with E-state index >= 15 is 0 Å². The molecule has 0 aliphatic rings. The Balaban J connectivity index is 2.24. The summed E-state index contributed by atoms with van der Waals surface area (Å²) in [6, 6.07) is 3.21. The monoisotopic (exact) mass is 352 g/mol. The highest BCUT2D eigenvalue weighted by Gasteiger charge is 2.18. The first-order valence-electron chi connectivity index (χ1n) is 7.99. The Bertz CT molecular complexity index is 749. The molecule has 0 saturated heterocycles. The molecule has 0 radical (unpaired) electrons. The van der Waals surface area contributed by atoms with Crippen LogP contribution in [0.4, 0.5) is 24.7 Å². The number of hydrogen-bond donors (Lipinski definition) is 1. The van der Waals surface area contributed by atoms with Gasteiger partial charge in [-0.05, 0) is 25.0 Å². The molecule has 25 heavy (non-hydrogen) atoms. The van der Waals surface area contributed by atoms with Crippen LogP contribution >= 0.6 is 0 Å². The molecule has 0 spiro atoms. The van der Waals surface area contributed by atoms with E-state index in [0.717, 1.165) is 31.3 Å². The van der Waals surface area contributed by atoms with E-state index in [1.807, 2.05) is 13.8 Å². The maximum atomic E-state index is 13.7. The third-order valence-electron chi connectivity index (χ3n) is 3.46. The second kappa shape index (κ2) is 8.46. The second-order valence-corrected chi connectivity index (χ2v) is 5.43. The SMILES string of the molecule is CCCN(CCC)C(=O)c1cc(Nc2ccc(F)c(F)c2F)ncn1. The Labute approximate surface area is 143 Å². The summed E-state index contributed by atoms with van der Waals surface area (Å²) < 4.78 is 40.0. The van der Waals surface area contributed by atoms with Gasteiger partial charge < -0.3 is 10.2 Å². The van der Waals surface area contributed by atoms with Crippen molar-refractivity contribution in [2.45, 2.75) is 26.7 Å². The number of amides is 1. The van der Waals surface area contributed by atoms with E-state index in [-0.39, 0.29) is 23.1 Å². The second-order valence-electron chi connectivity index (χ2n) is 5.43. The third-order valence-corrected chi connectivity index (χ3v) is 3.46. The number of aromatic nitrogens is 2. The van der Waals surface area contributed by atoms with Crippen LogP contribution < -0.4 is 5.32 Å². The molecule has 8 heteroatoms. The standard InChI is InChI=1S/C17H19F3N4O/c1-3-7-24(8-4-2)17(25)13-9-14(22-10-21-13)23-12-6-5-11(18)15(19)16(12)20/h5-6,9-10H,3-4,7-8H2,1-2H3,(H,21,22,23). The van der Waals surface area contributed by atoms with Gasteiger partial charge in [0.15, 0.2) is 17.5 Å². The summed E-state index contributed by atoms with van der Waals surface area (Å²) in [7, 11) is 0. The number of hydrogen-bond acceptors (Lipinski definition) is 4. The van der Waals surface area contributed by atoms with Crippen LogP contribution in [0.15, 0.2) is 24.5 Å². The molecule has 0 aliphatic heterocycles. The lowest BCUT2D eigenvalue weighted by atomic mass is 10.2. The van der Waals surface area contributed by atoms with Gasteiger partial charge in [-0.15, -0.1) is 0 Å². The van der Waals surface area contributed by atoms with E-state index in [4.69, 9.17) is 0 Å². The molecule has 0 saturated carbocycles. The van der Waals surface area contributed by atoms with Crippen LogP contribution in [-0.4, -0.2) is 33.9 Å². The van der Waals surface area contributed by atoms with Gasteiger partial charge in [-0.25, -0.2) is 23.1 Å². The van der Waals surface area contributed by atoms with Gasteiger partial charge in [-0.2, -0.15) is 0 Å². The zero-order chi connectivity index (χ0) is 18.4. The van der Waals surface area contributed by atoms with E-state index < -0.39 is 17.5 Å². The Kier molecular flexibility index (Phi) is 6.32. The number of nitrogens with one attached hydrogen (secondary N) is 1. The van der Waals surface area contributed by atoms with Crippen molar-refractivity contribution in [1.29, 1.82) is 0 Å². The van der Waals surface area contributed by atoms with Crippen LogP contribution in [0.2, 0.25) is 0 Å². The summed E-state index contributed by atoms with van der Waals surface area (Å²) in [5, 5.41) is 2.53. The minimum absolute atomic E-state index is 0.108. The fraction of sp³-hybridized carbons (Fsp3) is 0.353. The Hall–Kier alpha value is -2.64. The smallest absolute Gasteiger partial charge is 0.272 e. The molecular weight excluding hydrogens is 333 g/mol. The lowest BCUT2D eigenvalue weighted by Gasteiger charge is -2.21. The first-order valence-corrected chi connectivity index (χ1v) is 7.99. The molecule has 1 aromatic heterocycles. The summed E-state index contributed by atoms with van der Waals surface area (Å²) in [5.74, 6) is -4.37. The van der Waals surface area contributed by atoms with Gasteiger partial charge >= 0.3 is 0 Å². The van der Waals surface area contributed by atoms with Crippen molar-refractivity contribution in [1.82, 2.24) is 14.9 Å². The van der Waals surface area contributed by atoms with E-state index in [1.165, 1.54) is 6.07 Å². The zero-order valence-corrected chi connectivity index (χ0v) is 14.0. The molecule has 0 fully saturated rings. The summed E-state index contributed by atoms with van der Waals surface area (Å²) in [5.41, 5.74) is -0.141.